The number of rotatable bonds is 5. The van der Waals surface area contributed by atoms with E-state index in [4.69, 9.17) is 9.47 Å². The largest absolute Gasteiger partial charge is 0.488 e. The van der Waals surface area contributed by atoms with Gasteiger partial charge < -0.3 is 19.7 Å². The molecule has 26 heavy (non-hydrogen) atoms. The van der Waals surface area contributed by atoms with E-state index in [2.05, 4.69) is 10.2 Å². The zero-order valence-electron chi connectivity index (χ0n) is 15.3. The number of likely N-dealkylation sites (tertiary alicyclic amines) is 1. The van der Waals surface area contributed by atoms with Crippen LogP contribution in [-0.2, 0) is 9.53 Å². The predicted octanol–water partition coefficient (Wildman–Crippen LogP) is 2.47. The van der Waals surface area contributed by atoms with Gasteiger partial charge in [-0.15, -0.1) is 0 Å². The van der Waals surface area contributed by atoms with Gasteiger partial charge in [0.15, 0.2) is 0 Å². The third-order valence-corrected chi connectivity index (χ3v) is 5.86. The Morgan fingerprint density at radius 2 is 1.92 bits per heavy atom. The van der Waals surface area contributed by atoms with Gasteiger partial charge in [0.05, 0.1) is 5.57 Å². The molecule has 3 aliphatic rings. The monoisotopic (exact) mass is 356 g/mol. The molecule has 0 bridgehead atoms. The summed E-state index contributed by atoms with van der Waals surface area (Å²) in [6.45, 7) is 6.08. The second-order valence-electron chi connectivity index (χ2n) is 7.77. The first-order valence-corrected chi connectivity index (χ1v) is 9.75. The zero-order valence-corrected chi connectivity index (χ0v) is 15.3. The van der Waals surface area contributed by atoms with Crippen molar-refractivity contribution in [3.63, 3.8) is 0 Å². The van der Waals surface area contributed by atoms with Crippen molar-refractivity contribution in [2.75, 3.05) is 46.0 Å². The average molecular weight is 356 g/mol. The molecule has 140 valence electrons. The summed E-state index contributed by atoms with van der Waals surface area (Å²) in [7, 11) is 0. The number of amides is 1. The second kappa shape index (κ2) is 7.80. The Hall–Kier alpha value is -1.85. The van der Waals surface area contributed by atoms with E-state index in [1.165, 1.54) is 25.9 Å². The summed E-state index contributed by atoms with van der Waals surface area (Å²) in [5.74, 6) is 0.839. The van der Waals surface area contributed by atoms with E-state index < -0.39 is 0 Å². The molecule has 0 unspecified atom stereocenters. The fourth-order valence-corrected chi connectivity index (χ4v) is 4.24. The SMILES string of the molecule is O=C(NCC1(CN2CCCC2)CCOCC1)C1=Cc2ccccc2OC1. The molecule has 1 aromatic carbocycles. The van der Waals surface area contributed by atoms with Crippen LogP contribution in [0.15, 0.2) is 29.8 Å². The topological polar surface area (TPSA) is 50.8 Å². The number of nitrogens with one attached hydrogen (secondary N) is 1. The Bertz CT molecular complexity index is 674. The molecule has 5 heteroatoms. The molecular formula is C21H28N2O3. The molecule has 0 aliphatic carbocycles. The number of fused-ring (bicyclic) bond motifs is 1. The lowest BCUT2D eigenvalue weighted by Crippen LogP contribution is -2.48. The van der Waals surface area contributed by atoms with E-state index in [1.54, 1.807) is 0 Å². The van der Waals surface area contributed by atoms with Crippen molar-refractivity contribution in [3.05, 3.63) is 35.4 Å². The summed E-state index contributed by atoms with van der Waals surface area (Å²) in [4.78, 5) is 15.3. The highest BCUT2D eigenvalue weighted by Gasteiger charge is 2.35. The van der Waals surface area contributed by atoms with Gasteiger partial charge >= 0.3 is 0 Å². The molecule has 2 fully saturated rings. The maximum absolute atomic E-state index is 12.7. The van der Waals surface area contributed by atoms with Crippen molar-refractivity contribution in [1.29, 1.82) is 0 Å². The molecule has 3 heterocycles. The number of benzene rings is 1. The Morgan fingerprint density at radius 1 is 1.15 bits per heavy atom. The number of para-hydroxylation sites is 1. The van der Waals surface area contributed by atoms with Gasteiger partial charge in [-0.05, 0) is 50.9 Å². The van der Waals surface area contributed by atoms with Crippen molar-refractivity contribution in [3.8, 4) is 5.75 Å². The molecule has 0 saturated carbocycles. The average Bonchev–Trinajstić information content (AvgIpc) is 3.19. The molecule has 1 N–H and O–H groups in total. The fourth-order valence-electron chi connectivity index (χ4n) is 4.24. The third kappa shape index (κ3) is 3.94. The molecule has 5 nitrogen and oxygen atoms in total. The molecule has 2 saturated heterocycles. The Labute approximate surface area is 155 Å². The summed E-state index contributed by atoms with van der Waals surface area (Å²) in [5.41, 5.74) is 1.81. The Morgan fingerprint density at radius 3 is 2.73 bits per heavy atom. The molecular weight excluding hydrogens is 328 g/mol. The lowest BCUT2D eigenvalue weighted by Gasteiger charge is -2.40. The highest BCUT2D eigenvalue weighted by molar-refractivity contribution is 5.99. The van der Waals surface area contributed by atoms with Crippen LogP contribution in [0.2, 0.25) is 0 Å². The van der Waals surface area contributed by atoms with Crippen molar-refractivity contribution < 1.29 is 14.3 Å². The van der Waals surface area contributed by atoms with Crippen LogP contribution in [0.4, 0.5) is 0 Å². The minimum Gasteiger partial charge on any atom is -0.488 e. The molecule has 0 atom stereocenters. The van der Waals surface area contributed by atoms with Crippen molar-refractivity contribution in [2.24, 2.45) is 5.41 Å². The number of ether oxygens (including phenoxy) is 2. The van der Waals surface area contributed by atoms with Crippen molar-refractivity contribution >= 4 is 12.0 Å². The van der Waals surface area contributed by atoms with Gasteiger partial charge in [-0.3, -0.25) is 4.79 Å². The van der Waals surface area contributed by atoms with Crippen LogP contribution in [0.25, 0.3) is 6.08 Å². The van der Waals surface area contributed by atoms with Gasteiger partial charge in [0, 0.05) is 37.3 Å². The van der Waals surface area contributed by atoms with Gasteiger partial charge in [0.1, 0.15) is 12.4 Å². The normalized spacial score (nSPS) is 22.2. The highest BCUT2D eigenvalue weighted by atomic mass is 16.5. The van der Waals surface area contributed by atoms with Crippen LogP contribution in [0, 0.1) is 5.41 Å². The summed E-state index contributed by atoms with van der Waals surface area (Å²) in [6.07, 6.45) is 6.57. The quantitative estimate of drug-likeness (QED) is 0.881. The summed E-state index contributed by atoms with van der Waals surface area (Å²) < 4.78 is 11.3. The first kappa shape index (κ1) is 17.6. The summed E-state index contributed by atoms with van der Waals surface area (Å²) in [6, 6.07) is 7.83. The number of carbonyl (C=O) groups is 1. The summed E-state index contributed by atoms with van der Waals surface area (Å²) in [5, 5.41) is 3.20. The number of hydrogen-bond acceptors (Lipinski definition) is 4. The summed E-state index contributed by atoms with van der Waals surface area (Å²) >= 11 is 0. The lowest BCUT2D eigenvalue weighted by atomic mass is 9.79. The van der Waals surface area contributed by atoms with E-state index in [-0.39, 0.29) is 11.3 Å². The van der Waals surface area contributed by atoms with E-state index in [9.17, 15) is 4.79 Å². The van der Waals surface area contributed by atoms with Gasteiger partial charge in [0.25, 0.3) is 5.91 Å². The fraction of sp³-hybridized carbons (Fsp3) is 0.571. The van der Waals surface area contributed by atoms with Crippen LogP contribution < -0.4 is 10.1 Å². The third-order valence-electron chi connectivity index (χ3n) is 5.86. The van der Waals surface area contributed by atoms with Gasteiger partial charge in [-0.1, -0.05) is 18.2 Å². The molecule has 1 aromatic rings. The van der Waals surface area contributed by atoms with Crippen LogP contribution in [-0.4, -0.2) is 56.8 Å². The van der Waals surface area contributed by atoms with E-state index >= 15 is 0 Å². The maximum Gasteiger partial charge on any atom is 0.250 e. The zero-order chi connectivity index (χ0) is 17.8. The van der Waals surface area contributed by atoms with Gasteiger partial charge in [-0.25, -0.2) is 0 Å². The standard InChI is InChI=1S/C21H28N2O3/c24-20(18-13-17-5-1-2-6-19(17)26-14-18)22-15-21(7-11-25-12-8-21)16-23-9-3-4-10-23/h1-2,5-6,13H,3-4,7-12,14-16H2,(H,22,24). The van der Waals surface area contributed by atoms with E-state index in [0.29, 0.717) is 18.7 Å². The van der Waals surface area contributed by atoms with E-state index in [1.807, 2.05) is 30.3 Å². The Kier molecular flexibility index (Phi) is 5.27. The molecule has 1 amide bonds. The second-order valence-corrected chi connectivity index (χ2v) is 7.77. The van der Waals surface area contributed by atoms with Crippen molar-refractivity contribution in [2.45, 2.75) is 25.7 Å². The minimum atomic E-state index is -0.00760. The molecule has 4 rings (SSSR count). The van der Waals surface area contributed by atoms with Gasteiger partial charge in [0.2, 0.25) is 0 Å². The number of carbonyl (C=O) groups excluding carboxylic acids is 1. The lowest BCUT2D eigenvalue weighted by molar-refractivity contribution is -0.118. The smallest absolute Gasteiger partial charge is 0.250 e. The van der Waals surface area contributed by atoms with Gasteiger partial charge in [-0.2, -0.15) is 0 Å². The highest BCUT2D eigenvalue weighted by Crippen LogP contribution is 2.32. The van der Waals surface area contributed by atoms with Crippen LogP contribution >= 0.6 is 0 Å². The van der Waals surface area contributed by atoms with E-state index in [0.717, 1.165) is 43.9 Å². The Balaban J connectivity index is 1.40. The maximum atomic E-state index is 12.7. The molecule has 3 aliphatic heterocycles. The predicted molar refractivity (Wildman–Crippen MR) is 101 cm³/mol. The molecule has 0 spiro atoms. The first-order chi connectivity index (χ1) is 12.7. The minimum absolute atomic E-state index is 0.00760. The molecule has 0 aromatic heterocycles. The van der Waals surface area contributed by atoms with Crippen LogP contribution in [0.1, 0.15) is 31.2 Å². The number of hydrogen-bond donors (Lipinski definition) is 1. The molecule has 0 radical (unpaired) electrons. The van der Waals surface area contributed by atoms with Crippen LogP contribution in [0.3, 0.4) is 0 Å². The van der Waals surface area contributed by atoms with Crippen LogP contribution in [0.5, 0.6) is 5.75 Å². The first-order valence-electron chi connectivity index (χ1n) is 9.75. The number of nitrogens with zero attached hydrogens (tertiary/aromatic N) is 1. The van der Waals surface area contributed by atoms with Crippen molar-refractivity contribution in [1.82, 2.24) is 10.2 Å².